The Kier molecular flexibility index (Phi) is 6.01. The number of hydrogen-bond donors (Lipinski definition) is 1. The SMILES string of the molecule is O=C(Cc1ccc(S(=O)(=O)N2CCCCC2)cc1)N[C@@H]1CCCc2ccccc21. The van der Waals surface area contributed by atoms with Crippen LogP contribution in [-0.4, -0.2) is 31.7 Å². The van der Waals surface area contributed by atoms with Gasteiger partial charge in [0.25, 0.3) is 0 Å². The van der Waals surface area contributed by atoms with Crippen LogP contribution in [0.3, 0.4) is 0 Å². The third kappa shape index (κ3) is 4.54. The van der Waals surface area contributed by atoms with Crippen LogP contribution in [0.2, 0.25) is 0 Å². The number of piperidine rings is 1. The van der Waals surface area contributed by atoms with Crippen LogP contribution in [0.1, 0.15) is 54.8 Å². The van der Waals surface area contributed by atoms with E-state index in [1.54, 1.807) is 28.6 Å². The standard InChI is InChI=1S/C23H28N2O3S/c26-23(24-22-10-6-8-19-7-2-3-9-21(19)22)17-18-11-13-20(14-12-18)29(27,28)25-15-4-1-5-16-25/h2-3,7,9,11-14,22H,1,4-6,8,10,15-17H2,(H,24,26)/t22-/m1/s1. The smallest absolute Gasteiger partial charge is 0.243 e. The van der Waals surface area contributed by atoms with E-state index in [1.807, 2.05) is 12.1 Å². The van der Waals surface area contributed by atoms with Gasteiger partial charge in [-0.2, -0.15) is 4.31 Å². The highest BCUT2D eigenvalue weighted by molar-refractivity contribution is 7.89. The van der Waals surface area contributed by atoms with Crippen molar-refractivity contribution in [2.24, 2.45) is 0 Å². The number of aryl methyl sites for hydroxylation is 1. The summed E-state index contributed by atoms with van der Waals surface area (Å²) in [5.74, 6) is -0.0293. The lowest BCUT2D eigenvalue weighted by atomic mass is 9.87. The number of nitrogens with zero attached hydrogens (tertiary/aromatic N) is 1. The van der Waals surface area contributed by atoms with Gasteiger partial charge in [0.05, 0.1) is 17.4 Å². The molecule has 0 saturated carbocycles. The van der Waals surface area contributed by atoms with Crippen LogP contribution in [0.25, 0.3) is 0 Å². The van der Waals surface area contributed by atoms with E-state index in [0.717, 1.165) is 44.1 Å². The highest BCUT2D eigenvalue weighted by Gasteiger charge is 2.26. The van der Waals surface area contributed by atoms with E-state index in [1.165, 1.54) is 11.1 Å². The van der Waals surface area contributed by atoms with Gasteiger partial charge in [0.1, 0.15) is 0 Å². The molecule has 1 N–H and O–H groups in total. The molecule has 154 valence electrons. The minimum Gasteiger partial charge on any atom is -0.349 e. The molecule has 4 rings (SSSR count). The zero-order valence-corrected chi connectivity index (χ0v) is 17.5. The van der Waals surface area contributed by atoms with Crippen molar-refractivity contribution >= 4 is 15.9 Å². The summed E-state index contributed by atoms with van der Waals surface area (Å²) < 4.78 is 27.1. The molecule has 1 atom stereocenters. The summed E-state index contributed by atoms with van der Waals surface area (Å²) >= 11 is 0. The van der Waals surface area contributed by atoms with Crippen molar-refractivity contribution in [1.82, 2.24) is 9.62 Å². The van der Waals surface area contributed by atoms with Crippen LogP contribution in [0.15, 0.2) is 53.4 Å². The average Bonchev–Trinajstić information content (AvgIpc) is 2.75. The van der Waals surface area contributed by atoms with Gasteiger partial charge in [-0.05, 0) is 60.9 Å². The van der Waals surface area contributed by atoms with Crippen molar-refractivity contribution in [3.05, 3.63) is 65.2 Å². The first kappa shape index (κ1) is 20.1. The Balaban J connectivity index is 1.40. The molecule has 2 aliphatic rings. The van der Waals surface area contributed by atoms with E-state index in [4.69, 9.17) is 0 Å². The molecule has 1 saturated heterocycles. The van der Waals surface area contributed by atoms with E-state index in [-0.39, 0.29) is 18.4 Å². The van der Waals surface area contributed by atoms with Gasteiger partial charge in [0.2, 0.25) is 15.9 Å². The fourth-order valence-corrected chi connectivity index (χ4v) is 5.89. The highest BCUT2D eigenvalue weighted by Crippen LogP contribution is 2.29. The summed E-state index contributed by atoms with van der Waals surface area (Å²) in [6, 6.07) is 15.1. The highest BCUT2D eigenvalue weighted by atomic mass is 32.2. The number of amides is 1. The monoisotopic (exact) mass is 412 g/mol. The predicted octanol–water partition coefficient (Wildman–Crippen LogP) is 3.60. The molecule has 0 bridgehead atoms. The number of sulfonamides is 1. The molecule has 1 amide bonds. The second kappa shape index (κ2) is 8.67. The lowest BCUT2D eigenvalue weighted by Crippen LogP contribution is -2.35. The van der Waals surface area contributed by atoms with Crippen LogP contribution in [0, 0.1) is 0 Å². The van der Waals surface area contributed by atoms with Crippen LogP contribution in [0.4, 0.5) is 0 Å². The summed E-state index contributed by atoms with van der Waals surface area (Å²) in [7, 11) is -3.43. The van der Waals surface area contributed by atoms with Crippen LogP contribution in [-0.2, 0) is 27.7 Å². The van der Waals surface area contributed by atoms with Gasteiger partial charge in [-0.3, -0.25) is 4.79 Å². The van der Waals surface area contributed by atoms with Gasteiger partial charge in [0, 0.05) is 13.1 Å². The summed E-state index contributed by atoms with van der Waals surface area (Å²) in [5, 5.41) is 3.15. The maximum Gasteiger partial charge on any atom is 0.243 e. The van der Waals surface area contributed by atoms with E-state index >= 15 is 0 Å². The Hall–Kier alpha value is -2.18. The average molecular weight is 413 g/mol. The first-order valence-electron chi connectivity index (χ1n) is 10.5. The number of benzene rings is 2. The molecule has 1 fully saturated rings. The molecule has 0 spiro atoms. The minimum absolute atomic E-state index is 0.0293. The first-order chi connectivity index (χ1) is 14.0. The van der Waals surface area contributed by atoms with Crippen molar-refractivity contribution in [3.63, 3.8) is 0 Å². The number of carbonyl (C=O) groups excluding carboxylic acids is 1. The molecule has 6 heteroatoms. The number of nitrogens with one attached hydrogen (secondary N) is 1. The molecule has 0 unspecified atom stereocenters. The summed E-state index contributed by atoms with van der Waals surface area (Å²) in [6.07, 6.45) is 6.27. The molecule has 2 aromatic rings. The van der Waals surface area contributed by atoms with Crippen LogP contribution in [0.5, 0.6) is 0 Å². The maximum absolute atomic E-state index is 12.7. The van der Waals surface area contributed by atoms with Crippen molar-refractivity contribution in [2.75, 3.05) is 13.1 Å². The summed E-state index contributed by atoms with van der Waals surface area (Å²) in [6.45, 7) is 1.19. The zero-order valence-electron chi connectivity index (χ0n) is 16.6. The largest absolute Gasteiger partial charge is 0.349 e. The van der Waals surface area contributed by atoms with Gasteiger partial charge in [-0.15, -0.1) is 0 Å². The number of rotatable bonds is 5. The van der Waals surface area contributed by atoms with Crippen LogP contribution < -0.4 is 5.32 Å². The third-order valence-corrected chi connectivity index (χ3v) is 7.86. The Labute approximate surface area is 173 Å². The molecular weight excluding hydrogens is 384 g/mol. The fraction of sp³-hybridized carbons (Fsp3) is 0.435. The second-order valence-corrected chi connectivity index (χ2v) is 9.93. The quantitative estimate of drug-likeness (QED) is 0.816. The lowest BCUT2D eigenvalue weighted by Gasteiger charge is -2.26. The van der Waals surface area contributed by atoms with Crippen molar-refractivity contribution in [3.8, 4) is 0 Å². The minimum atomic E-state index is -3.43. The number of fused-ring (bicyclic) bond motifs is 1. The molecule has 5 nitrogen and oxygen atoms in total. The molecule has 29 heavy (non-hydrogen) atoms. The van der Waals surface area contributed by atoms with E-state index in [0.29, 0.717) is 18.0 Å². The van der Waals surface area contributed by atoms with Gasteiger partial charge < -0.3 is 5.32 Å². The van der Waals surface area contributed by atoms with Crippen molar-refractivity contribution < 1.29 is 13.2 Å². The summed E-state index contributed by atoms with van der Waals surface area (Å²) in [5.41, 5.74) is 3.36. The number of carbonyl (C=O) groups is 1. The van der Waals surface area contributed by atoms with E-state index in [9.17, 15) is 13.2 Å². The van der Waals surface area contributed by atoms with E-state index in [2.05, 4.69) is 17.4 Å². The van der Waals surface area contributed by atoms with Crippen molar-refractivity contribution in [2.45, 2.75) is 55.9 Å². The number of hydrogen-bond acceptors (Lipinski definition) is 3. The Morgan fingerprint density at radius 3 is 2.45 bits per heavy atom. The Morgan fingerprint density at radius 1 is 0.966 bits per heavy atom. The Morgan fingerprint density at radius 2 is 1.69 bits per heavy atom. The topological polar surface area (TPSA) is 66.5 Å². The van der Waals surface area contributed by atoms with Gasteiger partial charge in [0.15, 0.2) is 0 Å². The normalized spacial score (nSPS) is 20.1. The van der Waals surface area contributed by atoms with Crippen molar-refractivity contribution in [1.29, 1.82) is 0 Å². The second-order valence-electron chi connectivity index (χ2n) is 8.00. The third-order valence-electron chi connectivity index (χ3n) is 5.95. The van der Waals surface area contributed by atoms with Gasteiger partial charge in [-0.25, -0.2) is 8.42 Å². The van der Waals surface area contributed by atoms with Gasteiger partial charge >= 0.3 is 0 Å². The fourth-order valence-electron chi connectivity index (χ4n) is 4.37. The maximum atomic E-state index is 12.7. The molecule has 2 aromatic carbocycles. The molecule has 1 aliphatic heterocycles. The molecule has 0 radical (unpaired) electrons. The predicted molar refractivity (Wildman–Crippen MR) is 113 cm³/mol. The zero-order chi connectivity index (χ0) is 20.3. The van der Waals surface area contributed by atoms with E-state index < -0.39 is 10.0 Å². The molecule has 1 aliphatic carbocycles. The van der Waals surface area contributed by atoms with Crippen LogP contribution >= 0.6 is 0 Å². The molecular formula is C23H28N2O3S. The van der Waals surface area contributed by atoms with Gasteiger partial charge in [-0.1, -0.05) is 42.8 Å². The summed E-state index contributed by atoms with van der Waals surface area (Å²) in [4.78, 5) is 12.9. The molecule has 0 aromatic heterocycles. The molecule has 1 heterocycles. The lowest BCUT2D eigenvalue weighted by molar-refractivity contribution is -0.121. The first-order valence-corrected chi connectivity index (χ1v) is 11.9. The Bertz CT molecular complexity index is 964.